The van der Waals surface area contributed by atoms with E-state index in [2.05, 4.69) is 16.2 Å². The number of aromatic nitrogens is 2. The molecule has 0 unspecified atom stereocenters. The molecule has 1 aliphatic carbocycles. The Labute approximate surface area is 200 Å². The van der Waals surface area contributed by atoms with E-state index in [0.717, 1.165) is 40.8 Å². The molecule has 0 atom stereocenters. The van der Waals surface area contributed by atoms with Crippen molar-refractivity contribution in [1.82, 2.24) is 9.66 Å². The predicted molar refractivity (Wildman–Crippen MR) is 132 cm³/mol. The van der Waals surface area contributed by atoms with E-state index in [1.165, 1.54) is 22.3 Å². The van der Waals surface area contributed by atoms with Crippen LogP contribution in [0.15, 0.2) is 58.7 Å². The summed E-state index contributed by atoms with van der Waals surface area (Å²) in [5.74, 6) is 1.09. The number of ether oxygens (including phenoxy) is 2. The first-order valence-corrected chi connectivity index (χ1v) is 11.8. The molecule has 34 heavy (non-hydrogen) atoms. The van der Waals surface area contributed by atoms with Crippen molar-refractivity contribution in [1.29, 1.82) is 5.26 Å². The number of benzene rings is 2. The first kappa shape index (κ1) is 21.9. The normalized spacial score (nSPS) is 13.1. The molecule has 0 aliphatic heterocycles. The van der Waals surface area contributed by atoms with Crippen molar-refractivity contribution in [2.75, 3.05) is 7.11 Å². The van der Waals surface area contributed by atoms with Crippen LogP contribution >= 0.6 is 11.3 Å². The van der Waals surface area contributed by atoms with Crippen LogP contribution in [0.2, 0.25) is 0 Å². The number of fused-ring (bicyclic) bond motifs is 3. The molecule has 4 aromatic rings. The lowest BCUT2D eigenvalue weighted by Gasteiger charge is -2.12. The van der Waals surface area contributed by atoms with E-state index in [1.807, 2.05) is 24.3 Å². The summed E-state index contributed by atoms with van der Waals surface area (Å²) in [6.07, 6.45) is 7.30. The molecule has 0 radical (unpaired) electrons. The van der Waals surface area contributed by atoms with E-state index in [4.69, 9.17) is 9.47 Å². The molecule has 0 bridgehead atoms. The summed E-state index contributed by atoms with van der Waals surface area (Å²) in [5.41, 5.74) is 3.14. The second-order valence-corrected chi connectivity index (χ2v) is 9.08. The third-order valence-corrected chi connectivity index (χ3v) is 7.10. The van der Waals surface area contributed by atoms with E-state index in [9.17, 15) is 10.1 Å². The van der Waals surface area contributed by atoms with Gasteiger partial charge < -0.3 is 9.47 Å². The minimum Gasteiger partial charge on any atom is -0.493 e. The maximum absolute atomic E-state index is 13.1. The molecule has 0 saturated carbocycles. The Hall–Kier alpha value is -3.96. The third-order valence-electron chi connectivity index (χ3n) is 5.90. The van der Waals surface area contributed by atoms with Gasteiger partial charge in [-0.3, -0.25) is 4.79 Å². The van der Waals surface area contributed by atoms with Gasteiger partial charge in [0.2, 0.25) is 0 Å². The van der Waals surface area contributed by atoms with Gasteiger partial charge in [0.1, 0.15) is 17.8 Å². The number of methoxy groups -OCH3 is 1. The lowest BCUT2D eigenvalue weighted by atomic mass is 9.97. The molecule has 2 aromatic heterocycles. The largest absolute Gasteiger partial charge is 0.493 e. The lowest BCUT2D eigenvalue weighted by molar-refractivity contribution is 0.284. The summed E-state index contributed by atoms with van der Waals surface area (Å²) in [6.45, 7) is 0.250. The van der Waals surface area contributed by atoms with Crippen LogP contribution in [0.3, 0.4) is 0 Å². The molecule has 7 nitrogen and oxygen atoms in total. The first-order chi connectivity index (χ1) is 16.7. The summed E-state index contributed by atoms with van der Waals surface area (Å²) in [7, 11) is 1.56. The van der Waals surface area contributed by atoms with Crippen molar-refractivity contribution in [3.05, 3.63) is 86.3 Å². The van der Waals surface area contributed by atoms with E-state index >= 15 is 0 Å². The molecular weight excluding hydrogens is 448 g/mol. The zero-order chi connectivity index (χ0) is 23.5. The van der Waals surface area contributed by atoms with E-state index in [1.54, 1.807) is 42.9 Å². The molecule has 0 saturated heterocycles. The van der Waals surface area contributed by atoms with Gasteiger partial charge >= 0.3 is 0 Å². The molecule has 0 fully saturated rings. The van der Waals surface area contributed by atoms with Crippen LogP contribution in [-0.2, 0) is 19.4 Å². The number of aryl methyl sites for hydroxylation is 2. The first-order valence-electron chi connectivity index (χ1n) is 11.0. The average Bonchev–Trinajstić information content (AvgIpc) is 3.27. The number of nitrogens with zero attached hydrogens (tertiary/aromatic N) is 4. The molecule has 170 valence electrons. The van der Waals surface area contributed by atoms with Crippen molar-refractivity contribution in [3.8, 4) is 17.6 Å². The Morgan fingerprint density at radius 2 is 2.06 bits per heavy atom. The van der Waals surface area contributed by atoms with Gasteiger partial charge in [-0.2, -0.15) is 15.0 Å². The molecule has 1 aliphatic rings. The van der Waals surface area contributed by atoms with Crippen molar-refractivity contribution in [2.45, 2.75) is 32.3 Å². The molecular formula is C26H22N4O3S. The fourth-order valence-corrected chi connectivity index (χ4v) is 5.36. The average molecular weight is 471 g/mol. The van der Waals surface area contributed by atoms with Crippen LogP contribution < -0.4 is 15.0 Å². The molecule has 5 rings (SSSR count). The summed E-state index contributed by atoms with van der Waals surface area (Å²) in [6, 6.07) is 14.9. The Morgan fingerprint density at radius 1 is 1.21 bits per heavy atom. The quantitative estimate of drug-likeness (QED) is 0.382. The summed E-state index contributed by atoms with van der Waals surface area (Å²) in [5, 5.41) is 14.3. The second kappa shape index (κ2) is 9.49. The van der Waals surface area contributed by atoms with Gasteiger partial charge in [0.25, 0.3) is 5.56 Å². The summed E-state index contributed by atoms with van der Waals surface area (Å²) >= 11 is 1.62. The number of nitriles is 1. The Kier molecular flexibility index (Phi) is 6.11. The molecule has 0 N–H and O–H groups in total. The Balaban J connectivity index is 1.38. The standard InChI is InChI=1S/C26H22N4O3S/c1-32-22-12-17(10-11-21(22)33-15-19-7-3-2-6-18(19)13-27)14-29-30-16-28-25-24(26(30)31)20-8-4-5-9-23(20)34-25/h2-3,6-7,10-12,14,16H,4-5,8-9,15H2,1H3. The van der Waals surface area contributed by atoms with Crippen LogP contribution in [0.5, 0.6) is 11.5 Å². The van der Waals surface area contributed by atoms with E-state index in [0.29, 0.717) is 22.4 Å². The number of thiophene rings is 1. The smallest absolute Gasteiger partial charge is 0.282 e. The second-order valence-electron chi connectivity index (χ2n) is 8.00. The molecule has 8 heteroatoms. The molecule has 2 aromatic carbocycles. The lowest BCUT2D eigenvalue weighted by Crippen LogP contribution is -2.18. The fraction of sp³-hybridized carbons (Fsp3) is 0.231. The van der Waals surface area contributed by atoms with Gasteiger partial charge in [-0.15, -0.1) is 11.3 Å². The maximum Gasteiger partial charge on any atom is 0.282 e. The van der Waals surface area contributed by atoms with Crippen molar-refractivity contribution in [3.63, 3.8) is 0 Å². The number of hydrogen-bond acceptors (Lipinski definition) is 7. The van der Waals surface area contributed by atoms with Crippen molar-refractivity contribution < 1.29 is 9.47 Å². The van der Waals surface area contributed by atoms with Gasteiger partial charge in [-0.25, -0.2) is 4.98 Å². The minimum absolute atomic E-state index is 0.135. The van der Waals surface area contributed by atoms with Crippen LogP contribution in [0.4, 0.5) is 0 Å². The highest BCUT2D eigenvalue weighted by molar-refractivity contribution is 7.18. The topological polar surface area (TPSA) is 89.5 Å². The SMILES string of the molecule is COc1cc(C=Nn2cnc3sc4c(c3c2=O)CCCC4)ccc1OCc1ccccc1C#N. The van der Waals surface area contributed by atoms with Gasteiger partial charge in [0, 0.05) is 10.4 Å². The third kappa shape index (κ3) is 4.18. The molecule has 0 amide bonds. The highest BCUT2D eigenvalue weighted by Crippen LogP contribution is 2.33. The minimum atomic E-state index is -0.135. The Morgan fingerprint density at radius 3 is 2.91 bits per heavy atom. The van der Waals surface area contributed by atoms with Gasteiger partial charge in [-0.1, -0.05) is 18.2 Å². The fourth-order valence-electron chi connectivity index (χ4n) is 4.14. The van der Waals surface area contributed by atoms with Gasteiger partial charge in [-0.05, 0) is 61.1 Å². The molecule has 0 spiro atoms. The van der Waals surface area contributed by atoms with Gasteiger partial charge in [0.05, 0.1) is 30.3 Å². The number of rotatable bonds is 6. The van der Waals surface area contributed by atoms with Crippen LogP contribution in [0, 0.1) is 11.3 Å². The highest BCUT2D eigenvalue weighted by Gasteiger charge is 2.19. The van der Waals surface area contributed by atoms with Crippen LogP contribution in [-0.4, -0.2) is 23.0 Å². The molecule has 2 heterocycles. The zero-order valence-electron chi connectivity index (χ0n) is 18.7. The summed E-state index contributed by atoms with van der Waals surface area (Å²) < 4.78 is 12.7. The van der Waals surface area contributed by atoms with E-state index < -0.39 is 0 Å². The summed E-state index contributed by atoms with van der Waals surface area (Å²) in [4.78, 5) is 19.6. The van der Waals surface area contributed by atoms with Crippen molar-refractivity contribution in [2.24, 2.45) is 5.10 Å². The van der Waals surface area contributed by atoms with Crippen molar-refractivity contribution >= 4 is 27.8 Å². The number of hydrogen-bond donors (Lipinski definition) is 0. The van der Waals surface area contributed by atoms with Gasteiger partial charge in [0.15, 0.2) is 11.5 Å². The maximum atomic E-state index is 13.1. The highest BCUT2D eigenvalue weighted by atomic mass is 32.1. The van der Waals surface area contributed by atoms with Crippen LogP contribution in [0.25, 0.3) is 10.2 Å². The van der Waals surface area contributed by atoms with Crippen LogP contribution in [0.1, 0.15) is 40.0 Å². The predicted octanol–water partition coefficient (Wildman–Crippen LogP) is 4.68. The Bertz CT molecular complexity index is 1500. The zero-order valence-corrected chi connectivity index (χ0v) is 19.5. The monoisotopic (exact) mass is 470 g/mol. The van der Waals surface area contributed by atoms with E-state index in [-0.39, 0.29) is 12.2 Å².